The van der Waals surface area contributed by atoms with Gasteiger partial charge < -0.3 is 14.7 Å². The van der Waals surface area contributed by atoms with Gasteiger partial charge in [0, 0.05) is 26.7 Å². The molecule has 1 aliphatic rings. The second-order valence-corrected chi connectivity index (χ2v) is 5.68. The molecule has 118 valence electrons. The molecular formula is C13H26N8. The fourth-order valence-electron chi connectivity index (χ4n) is 2.37. The molecule has 0 unspecified atom stereocenters. The Morgan fingerprint density at radius 3 is 2.43 bits per heavy atom. The molecule has 1 saturated heterocycles. The molecule has 1 aromatic heterocycles. The molecule has 3 N–H and O–H groups in total. The summed E-state index contributed by atoms with van der Waals surface area (Å²) in [5.74, 6) is 7.28. The lowest BCUT2D eigenvalue weighted by atomic mass is 10.4. The van der Waals surface area contributed by atoms with Crippen molar-refractivity contribution in [3.05, 3.63) is 0 Å². The number of nitrogen functional groups attached to an aromatic ring is 1. The quantitative estimate of drug-likeness (QED) is 0.543. The second-order valence-electron chi connectivity index (χ2n) is 5.68. The summed E-state index contributed by atoms with van der Waals surface area (Å²) in [6, 6.07) is 0. The summed E-state index contributed by atoms with van der Waals surface area (Å²) in [5.41, 5.74) is 2.54. The Morgan fingerprint density at radius 2 is 1.81 bits per heavy atom. The standard InChI is InChI=1S/C13H26N8/c1-19(2)7-6-8-20(3)12-15-11(18-14)16-13(17-12)21-9-4-5-10-21/h4-10,14H2,1-3H3,(H,15,16,17,18). The third-order valence-electron chi connectivity index (χ3n) is 3.57. The highest BCUT2D eigenvalue weighted by Crippen LogP contribution is 2.19. The van der Waals surface area contributed by atoms with Crippen molar-refractivity contribution in [1.29, 1.82) is 0 Å². The number of hydrazine groups is 1. The number of rotatable bonds is 7. The van der Waals surface area contributed by atoms with E-state index in [1.165, 1.54) is 12.8 Å². The van der Waals surface area contributed by atoms with Crippen LogP contribution in [0.3, 0.4) is 0 Å². The Balaban J connectivity index is 2.08. The van der Waals surface area contributed by atoms with E-state index in [0.717, 1.165) is 32.6 Å². The van der Waals surface area contributed by atoms with Crippen molar-refractivity contribution >= 4 is 17.8 Å². The molecule has 0 bridgehead atoms. The molecule has 0 spiro atoms. The molecular weight excluding hydrogens is 268 g/mol. The van der Waals surface area contributed by atoms with Crippen LogP contribution in [0.25, 0.3) is 0 Å². The van der Waals surface area contributed by atoms with Gasteiger partial charge in [-0.15, -0.1) is 0 Å². The first kappa shape index (κ1) is 15.7. The number of hydrogen-bond acceptors (Lipinski definition) is 8. The maximum absolute atomic E-state index is 5.48. The molecule has 0 aliphatic carbocycles. The van der Waals surface area contributed by atoms with E-state index >= 15 is 0 Å². The van der Waals surface area contributed by atoms with Crippen molar-refractivity contribution in [2.24, 2.45) is 5.84 Å². The highest BCUT2D eigenvalue weighted by molar-refractivity contribution is 5.44. The largest absolute Gasteiger partial charge is 0.344 e. The molecule has 21 heavy (non-hydrogen) atoms. The fourth-order valence-corrected chi connectivity index (χ4v) is 2.37. The number of hydrogen-bond donors (Lipinski definition) is 2. The van der Waals surface area contributed by atoms with E-state index in [1.807, 2.05) is 11.9 Å². The van der Waals surface area contributed by atoms with Crippen LogP contribution < -0.4 is 21.1 Å². The molecule has 0 aromatic carbocycles. The average Bonchev–Trinajstić information content (AvgIpc) is 3.00. The van der Waals surface area contributed by atoms with Crippen molar-refractivity contribution in [3.8, 4) is 0 Å². The van der Waals surface area contributed by atoms with Crippen LogP contribution in [0.4, 0.5) is 17.8 Å². The number of aromatic nitrogens is 3. The molecule has 0 amide bonds. The minimum atomic E-state index is 0.418. The summed E-state index contributed by atoms with van der Waals surface area (Å²) in [6.07, 6.45) is 3.43. The molecule has 0 saturated carbocycles. The predicted octanol–water partition coefficient (Wildman–Crippen LogP) is 0.145. The lowest BCUT2D eigenvalue weighted by Crippen LogP contribution is -2.28. The molecule has 0 atom stereocenters. The van der Waals surface area contributed by atoms with Crippen molar-refractivity contribution in [2.75, 3.05) is 62.5 Å². The summed E-state index contributed by atoms with van der Waals surface area (Å²) in [6.45, 7) is 3.93. The van der Waals surface area contributed by atoms with Gasteiger partial charge in [-0.3, -0.25) is 5.43 Å². The molecule has 8 heteroatoms. The van der Waals surface area contributed by atoms with E-state index in [2.05, 4.69) is 44.3 Å². The zero-order valence-electron chi connectivity index (χ0n) is 13.2. The van der Waals surface area contributed by atoms with Gasteiger partial charge in [0.1, 0.15) is 0 Å². The van der Waals surface area contributed by atoms with E-state index < -0.39 is 0 Å². The molecule has 1 fully saturated rings. The zero-order chi connectivity index (χ0) is 15.2. The third kappa shape index (κ3) is 4.40. The van der Waals surface area contributed by atoms with Crippen molar-refractivity contribution in [3.63, 3.8) is 0 Å². The monoisotopic (exact) mass is 294 g/mol. The first-order chi connectivity index (χ1) is 10.1. The van der Waals surface area contributed by atoms with Crippen LogP contribution in [0.2, 0.25) is 0 Å². The number of nitrogens with zero attached hydrogens (tertiary/aromatic N) is 6. The van der Waals surface area contributed by atoms with Gasteiger partial charge in [-0.25, -0.2) is 5.84 Å². The van der Waals surface area contributed by atoms with E-state index in [0.29, 0.717) is 17.8 Å². The van der Waals surface area contributed by atoms with E-state index in [9.17, 15) is 0 Å². The van der Waals surface area contributed by atoms with E-state index in [4.69, 9.17) is 5.84 Å². The van der Waals surface area contributed by atoms with Crippen LogP contribution in [-0.4, -0.2) is 67.2 Å². The molecule has 1 aromatic rings. The minimum absolute atomic E-state index is 0.418. The van der Waals surface area contributed by atoms with Gasteiger partial charge in [-0.05, 0) is 39.9 Å². The van der Waals surface area contributed by atoms with Gasteiger partial charge >= 0.3 is 0 Å². The maximum atomic E-state index is 5.48. The number of nitrogens with one attached hydrogen (secondary N) is 1. The molecule has 0 radical (unpaired) electrons. The second kappa shape index (κ2) is 7.37. The topological polar surface area (TPSA) is 86.4 Å². The summed E-state index contributed by atoms with van der Waals surface area (Å²) in [4.78, 5) is 19.7. The highest BCUT2D eigenvalue weighted by Gasteiger charge is 2.18. The van der Waals surface area contributed by atoms with Gasteiger partial charge in [-0.2, -0.15) is 15.0 Å². The molecule has 1 aliphatic heterocycles. The zero-order valence-corrected chi connectivity index (χ0v) is 13.2. The minimum Gasteiger partial charge on any atom is -0.344 e. The molecule has 8 nitrogen and oxygen atoms in total. The predicted molar refractivity (Wildman–Crippen MR) is 85.5 cm³/mol. The first-order valence-electron chi connectivity index (χ1n) is 7.43. The summed E-state index contributed by atoms with van der Waals surface area (Å²) in [7, 11) is 6.15. The Hall–Kier alpha value is -1.67. The third-order valence-corrected chi connectivity index (χ3v) is 3.57. The van der Waals surface area contributed by atoms with Crippen LogP contribution in [0.5, 0.6) is 0 Å². The van der Waals surface area contributed by atoms with Crippen LogP contribution >= 0.6 is 0 Å². The number of nitrogens with two attached hydrogens (primary N) is 1. The SMILES string of the molecule is CN(C)CCCN(C)c1nc(NN)nc(N2CCCC2)n1. The summed E-state index contributed by atoms with van der Waals surface area (Å²) in [5, 5.41) is 0. The number of anilines is 3. The van der Waals surface area contributed by atoms with Gasteiger partial charge in [0.25, 0.3) is 0 Å². The molecule has 2 heterocycles. The smallest absolute Gasteiger partial charge is 0.243 e. The summed E-state index contributed by atoms with van der Waals surface area (Å²) >= 11 is 0. The van der Waals surface area contributed by atoms with Crippen molar-refractivity contribution < 1.29 is 0 Å². The maximum Gasteiger partial charge on any atom is 0.243 e. The first-order valence-corrected chi connectivity index (χ1v) is 7.43. The van der Waals surface area contributed by atoms with E-state index in [-0.39, 0.29) is 0 Å². The average molecular weight is 294 g/mol. The van der Waals surface area contributed by atoms with Gasteiger partial charge in [0.15, 0.2) is 0 Å². The van der Waals surface area contributed by atoms with Crippen LogP contribution in [0.1, 0.15) is 19.3 Å². The lowest BCUT2D eigenvalue weighted by molar-refractivity contribution is 0.401. The van der Waals surface area contributed by atoms with E-state index in [1.54, 1.807) is 0 Å². The van der Waals surface area contributed by atoms with Gasteiger partial charge in [0.2, 0.25) is 17.8 Å². The summed E-state index contributed by atoms with van der Waals surface area (Å²) < 4.78 is 0. The van der Waals surface area contributed by atoms with Crippen LogP contribution in [0, 0.1) is 0 Å². The van der Waals surface area contributed by atoms with Crippen molar-refractivity contribution in [1.82, 2.24) is 19.9 Å². The van der Waals surface area contributed by atoms with Crippen molar-refractivity contribution in [2.45, 2.75) is 19.3 Å². The van der Waals surface area contributed by atoms with Crippen LogP contribution in [0.15, 0.2) is 0 Å². The Morgan fingerprint density at radius 1 is 1.10 bits per heavy atom. The Bertz CT molecular complexity index is 444. The Kier molecular flexibility index (Phi) is 5.51. The van der Waals surface area contributed by atoms with Gasteiger partial charge in [0.05, 0.1) is 0 Å². The van der Waals surface area contributed by atoms with Gasteiger partial charge in [-0.1, -0.05) is 0 Å². The molecule has 2 rings (SSSR count). The van der Waals surface area contributed by atoms with Crippen LogP contribution in [-0.2, 0) is 0 Å². The lowest BCUT2D eigenvalue weighted by Gasteiger charge is -2.21. The fraction of sp³-hybridized carbons (Fsp3) is 0.769. The highest BCUT2D eigenvalue weighted by atomic mass is 15.4. The Labute approximate surface area is 126 Å². The normalized spacial score (nSPS) is 14.8.